The summed E-state index contributed by atoms with van der Waals surface area (Å²) >= 11 is 0.758. The van der Waals surface area contributed by atoms with Crippen molar-refractivity contribution in [1.29, 1.82) is 0 Å². The molecule has 1 fully saturated rings. The lowest BCUT2D eigenvalue weighted by molar-refractivity contribution is -0.123. The third kappa shape index (κ3) is 5.26. The molecule has 190 valence electrons. The highest BCUT2D eigenvalue weighted by molar-refractivity contribution is 7.09. The molecule has 11 heteroatoms. The number of carbonyl (C=O) groups is 3. The predicted molar refractivity (Wildman–Crippen MR) is 136 cm³/mol. The van der Waals surface area contributed by atoms with Crippen LogP contribution in [0.1, 0.15) is 61.7 Å². The fourth-order valence-corrected chi connectivity index (χ4v) is 5.04. The molecule has 0 unspecified atom stereocenters. The summed E-state index contributed by atoms with van der Waals surface area (Å²) in [7, 11) is 0. The van der Waals surface area contributed by atoms with Gasteiger partial charge in [-0.15, -0.1) is 0 Å². The van der Waals surface area contributed by atoms with Gasteiger partial charge in [0.25, 0.3) is 17.7 Å². The smallest absolute Gasteiger partial charge is 0.273 e. The van der Waals surface area contributed by atoms with Crippen LogP contribution in [0, 0.1) is 20.8 Å². The molecule has 0 aliphatic carbocycles. The van der Waals surface area contributed by atoms with Crippen molar-refractivity contribution in [2.24, 2.45) is 5.73 Å². The van der Waals surface area contributed by atoms with Crippen LogP contribution in [0.5, 0.6) is 0 Å². The van der Waals surface area contributed by atoms with E-state index in [1.165, 1.54) is 4.90 Å². The lowest BCUT2D eigenvalue weighted by atomic mass is 10.1. The summed E-state index contributed by atoms with van der Waals surface area (Å²) in [4.78, 5) is 40.8. The number of benzene rings is 1. The van der Waals surface area contributed by atoms with Gasteiger partial charge in [0.05, 0.1) is 11.8 Å². The van der Waals surface area contributed by atoms with Crippen LogP contribution in [0.4, 0.5) is 11.4 Å². The Labute approximate surface area is 212 Å². The van der Waals surface area contributed by atoms with Crippen molar-refractivity contribution < 1.29 is 23.5 Å². The Morgan fingerprint density at radius 1 is 1.19 bits per heavy atom. The number of amides is 3. The summed E-state index contributed by atoms with van der Waals surface area (Å²) in [6, 6.07) is 7.79. The lowest BCUT2D eigenvalue weighted by Gasteiger charge is -2.30. The SMILES string of the molecule is Cc1cc(C)cc(N(C(=O)c2snc(C(N)=O)c2N)[C@@H](C(=O)NC[C@@H]2CCCO2)c2ccc(C)o2)c1. The molecule has 4 rings (SSSR count). The number of carbonyl (C=O) groups excluding carboxylic acids is 3. The van der Waals surface area contributed by atoms with Crippen LogP contribution in [0.25, 0.3) is 0 Å². The number of nitrogens with zero attached hydrogens (tertiary/aromatic N) is 2. The first-order valence-electron chi connectivity index (χ1n) is 11.6. The summed E-state index contributed by atoms with van der Waals surface area (Å²) in [5.74, 6) is -1.02. The van der Waals surface area contributed by atoms with Gasteiger partial charge in [0, 0.05) is 18.8 Å². The minimum Gasteiger partial charge on any atom is -0.464 e. The zero-order valence-corrected chi connectivity index (χ0v) is 21.2. The van der Waals surface area contributed by atoms with Crippen LogP contribution in [0.15, 0.2) is 34.7 Å². The first-order chi connectivity index (χ1) is 17.2. The van der Waals surface area contributed by atoms with Crippen LogP contribution in [0.3, 0.4) is 0 Å². The molecule has 5 N–H and O–H groups in total. The summed E-state index contributed by atoms with van der Waals surface area (Å²) < 4.78 is 15.5. The largest absolute Gasteiger partial charge is 0.464 e. The highest BCUT2D eigenvalue weighted by Crippen LogP contribution is 2.34. The van der Waals surface area contributed by atoms with Crippen LogP contribution in [0.2, 0.25) is 0 Å². The summed E-state index contributed by atoms with van der Waals surface area (Å²) in [5, 5.41) is 2.92. The third-order valence-corrected chi connectivity index (χ3v) is 6.78. The monoisotopic (exact) mass is 511 g/mol. The average molecular weight is 512 g/mol. The molecule has 3 aromatic rings. The molecule has 10 nitrogen and oxygen atoms in total. The summed E-state index contributed by atoms with van der Waals surface area (Å²) in [5.41, 5.74) is 13.4. The predicted octanol–water partition coefficient (Wildman–Crippen LogP) is 3.03. The number of ether oxygens (including phenoxy) is 1. The molecule has 0 radical (unpaired) electrons. The van der Waals surface area contributed by atoms with Gasteiger partial charge in [-0.1, -0.05) is 6.07 Å². The lowest BCUT2D eigenvalue weighted by Crippen LogP contribution is -2.45. The van der Waals surface area contributed by atoms with Crippen molar-refractivity contribution in [1.82, 2.24) is 9.69 Å². The Morgan fingerprint density at radius 3 is 2.47 bits per heavy atom. The number of nitrogen functional groups attached to an aromatic ring is 1. The van der Waals surface area contributed by atoms with E-state index in [4.69, 9.17) is 20.6 Å². The van der Waals surface area contributed by atoms with E-state index in [0.717, 1.165) is 35.5 Å². The van der Waals surface area contributed by atoms with Crippen molar-refractivity contribution >= 4 is 40.6 Å². The van der Waals surface area contributed by atoms with E-state index in [1.807, 2.05) is 19.9 Å². The molecule has 0 bridgehead atoms. The topological polar surface area (TPSA) is 154 Å². The Balaban J connectivity index is 1.82. The number of anilines is 2. The molecule has 3 heterocycles. The first-order valence-corrected chi connectivity index (χ1v) is 12.4. The molecule has 1 aromatic carbocycles. The minimum atomic E-state index is -1.16. The van der Waals surface area contributed by atoms with Crippen molar-refractivity contribution in [3.8, 4) is 0 Å². The Kier molecular flexibility index (Phi) is 7.41. The number of hydrogen-bond donors (Lipinski definition) is 3. The van der Waals surface area contributed by atoms with E-state index in [9.17, 15) is 14.4 Å². The fourth-order valence-electron chi connectivity index (χ4n) is 4.30. The Bertz CT molecular complexity index is 1270. The summed E-state index contributed by atoms with van der Waals surface area (Å²) in [6.45, 7) is 6.51. The van der Waals surface area contributed by atoms with Gasteiger partial charge in [0.2, 0.25) is 0 Å². The van der Waals surface area contributed by atoms with Gasteiger partial charge in [-0.05, 0) is 80.5 Å². The maximum Gasteiger partial charge on any atom is 0.273 e. The highest BCUT2D eigenvalue weighted by Gasteiger charge is 2.38. The molecule has 36 heavy (non-hydrogen) atoms. The van der Waals surface area contributed by atoms with Gasteiger partial charge in [0.15, 0.2) is 11.7 Å². The molecule has 3 amide bonds. The van der Waals surface area contributed by atoms with Gasteiger partial charge >= 0.3 is 0 Å². The molecule has 2 aromatic heterocycles. The van der Waals surface area contributed by atoms with Gasteiger partial charge in [-0.25, -0.2) is 0 Å². The molecule has 2 atom stereocenters. The molecular formula is C25H29N5O5S. The van der Waals surface area contributed by atoms with Crippen molar-refractivity contribution in [2.45, 2.75) is 45.8 Å². The molecule has 1 saturated heterocycles. The van der Waals surface area contributed by atoms with E-state index in [1.54, 1.807) is 31.2 Å². The van der Waals surface area contributed by atoms with E-state index in [-0.39, 0.29) is 28.1 Å². The van der Waals surface area contributed by atoms with Crippen molar-refractivity contribution in [2.75, 3.05) is 23.8 Å². The first kappa shape index (κ1) is 25.4. The van der Waals surface area contributed by atoms with Crippen molar-refractivity contribution in [3.63, 3.8) is 0 Å². The number of nitrogens with one attached hydrogen (secondary N) is 1. The number of furan rings is 1. The maximum absolute atomic E-state index is 14.0. The molecule has 1 aliphatic heterocycles. The standard InChI is InChI=1S/C25H29N5O5S/c1-13-9-14(2)11-16(10-13)30(25(33)22-19(26)20(23(27)31)29-36-22)21(18-7-6-15(3)35-18)24(32)28-12-17-5-4-8-34-17/h6-7,9-11,17,21H,4-5,8,12,26H2,1-3H3,(H2,27,31)(H,28,32)/t17-,21+/m0/s1. The maximum atomic E-state index is 14.0. The molecular weight excluding hydrogens is 482 g/mol. The second kappa shape index (κ2) is 10.5. The Morgan fingerprint density at radius 2 is 1.92 bits per heavy atom. The van der Waals surface area contributed by atoms with Gasteiger partial charge in [-0.3, -0.25) is 19.3 Å². The van der Waals surface area contributed by atoms with Gasteiger partial charge in [-0.2, -0.15) is 4.37 Å². The zero-order chi connectivity index (χ0) is 26.0. The van der Waals surface area contributed by atoms with E-state index >= 15 is 0 Å². The number of nitrogens with two attached hydrogens (primary N) is 2. The van der Waals surface area contributed by atoms with E-state index < -0.39 is 23.8 Å². The average Bonchev–Trinajstić information content (AvgIpc) is 3.56. The fraction of sp³-hybridized carbons (Fsp3) is 0.360. The van der Waals surface area contributed by atoms with Crippen LogP contribution >= 0.6 is 11.5 Å². The van der Waals surface area contributed by atoms with Crippen molar-refractivity contribution in [3.05, 3.63) is 63.6 Å². The van der Waals surface area contributed by atoms with Crippen LogP contribution in [-0.4, -0.2) is 41.4 Å². The molecule has 1 aliphatic rings. The number of aryl methyl sites for hydroxylation is 3. The number of rotatable bonds is 8. The summed E-state index contributed by atoms with van der Waals surface area (Å²) in [6.07, 6.45) is 1.69. The van der Waals surface area contributed by atoms with E-state index in [2.05, 4.69) is 9.69 Å². The zero-order valence-electron chi connectivity index (χ0n) is 20.4. The quantitative estimate of drug-likeness (QED) is 0.420. The van der Waals surface area contributed by atoms with Gasteiger partial charge < -0.3 is 25.9 Å². The second-order valence-corrected chi connectivity index (χ2v) is 9.66. The molecule has 0 saturated carbocycles. The van der Waals surface area contributed by atoms with Gasteiger partial charge in [0.1, 0.15) is 16.4 Å². The highest BCUT2D eigenvalue weighted by atomic mass is 32.1. The van der Waals surface area contributed by atoms with Crippen LogP contribution < -0.4 is 21.7 Å². The number of aromatic nitrogens is 1. The molecule has 0 spiro atoms. The second-order valence-electron chi connectivity index (χ2n) is 8.89. The van der Waals surface area contributed by atoms with Crippen LogP contribution in [-0.2, 0) is 9.53 Å². The Hall–Kier alpha value is -3.70. The number of primary amides is 1. The van der Waals surface area contributed by atoms with E-state index in [0.29, 0.717) is 24.6 Å². The number of hydrogen-bond acceptors (Lipinski definition) is 8. The normalized spacial score (nSPS) is 16.0. The minimum absolute atomic E-state index is 0.00293. The third-order valence-electron chi connectivity index (χ3n) is 5.92.